The average molecular weight is 261 g/mol. The monoisotopic (exact) mass is 261 g/mol. The van der Waals surface area contributed by atoms with Crippen LogP contribution in [0.5, 0.6) is 0 Å². The molecule has 1 aliphatic rings. The van der Waals surface area contributed by atoms with Crippen molar-refractivity contribution in [3.63, 3.8) is 0 Å². The quantitative estimate of drug-likeness (QED) is 0.882. The van der Waals surface area contributed by atoms with Crippen LogP contribution in [0.4, 0.5) is 5.69 Å². The van der Waals surface area contributed by atoms with Gasteiger partial charge in [-0.3, -0.25) is 4.98 Å². The number of pyridine rings is 1. The molecule has 0 saturated carbocycles. The molecule has 1 aliphatic heterocycles. The Balaban J connectivity index is 2.25. The van der Waals surface area contributed by atoms with Gasteiger partial charge in [-0.1, -0.05) is 13.8 Å². The van der Waals surface area contributed by atoms with Gasteiger partial charge in [-0.2, -0.15) is 0 Å². The van der Waals surface area contributed by atoms with E-state index < -0.39 is 0 Å². The van der Waals surface area contributed by atoms with Crippen LogP contribution in [0.2, 0.25) is 0 Å². The molecule has 0 aromatic carbocycles. The highest BCUT2D eigenvalue weighted by molar-refractivity contribution is 5.54. The predicted molar refractivity (Wildman–Crippen MR) is 81.6 cm³/mol. The lowest BCUT2D eigenvalue weighted by atomic mass is 9.82. The van der Waals surface area contributed by atoms with Gasteiger partial charge in [-0.05, 0) is 44.7 Å². The minimum Gasteiger partial charge on any atom is -0.371 e. The van der Waals surface area contributed by atoms with Crippen molar-refractivity contribution >= 4 is 5.69 Å². The third-order valence-corrected chi connectivity index (χ3v) is 4.74. The fourth-order valence-electron chi connectivity index (χ4n) is 3.16. The molecule has 0 bridgehead atoms. The molecule has 3 nitrogen and oxygen atoms in total. The molecule has 1 saturated heterocycles. The average Bonchev–Trinajstić information content (AvgIpc) is 2.86. The van der Waals surface area contributed by atoms with Crippen LogP contribution >= 0.6 is 0 Å². The number of hydrogen-bond donors (Lipinski definition) is 1. The Hall–Kier alpha value is -1.09. The topological polar surface area (TPSA) is 28.2 Å². The largest absolute Gasteiger partial charge is 0.371 e. The van der Waals surface area contributed by atoms with Crippen LogP contribution in [0.3, 0.4) is 0 Å². The van der Waals surface area contributed by atoms with E-state index in [-0.39, 0.29) is 0 Å². The summed E-state index contributed by atoms with van der Waals surface area (Å²) >= 11 is 0. The van der Waals surface area contributed by atoms with Crippen LogP contribution in [0.15, 0.2) is 12.3 Å². The van der Waals surface area contributed by atoms with Crippen LogP contribution in [0, 0.1) is 12.3 Å². The van der Waals surface area contributed by atoms with Crippen LogP contribution in [-0.2, 0) is 6.54 Å². The van der Waals surface area contributed by atoms with Crippen molar-refractivity contribution in [1.82, 2.24) is 10.3 Å². The van der Waals surface area contributed by atoms with Crippen molar-refractivity contribution in [3.8, 4) is 0 Å². The van der Waals surface area contributed by atoms with Crippen molar-refractivity contribution in [2.75, 3.05) is 25.0 Å². The molecule has 0 amide bonds. The zero-order valence-electron chi connectivity index (χ0n) is 12.8. The van der Waals surface area contributed by atoms with Crippen LogP contribution in [0.25, 0.3) is 0 Å². The molecule has 2 rings (SSSR count). The molecule has 1 fully saturated rings. The van der Waals surface area contributed by atoms with E-state index >= 15 is 0 Å². The number of nitrogens with zero attached hydrogens (tertiary/aromatic N) is 2. The van der Waals surface area contributed by atoms with Gasteiger partial charge in [0.15, 0.2) is 0 Å². The fraction of sp³-hybridized carbons (Fsp3) is 0.688. The molecule has 2 heterocycles. The summed E-state index contributed by atoms with van der Waals surface area (Å²) in [6.45, 7) is 10.0. The van der Waals surface area contributed by atoms with Crippen molar-refractivity contribution in [1.29, 1.82) is 0 Å². The molecule has 1 aromatic heterocycles. The lowest BCUT2D eigenvalue weighted by Crippen LogP contribution is -2.27. The Morgan fingerprint density at radius 2 is 2.11 bits per heavy atom. The van der Waals surface area contributed by atoms with Gasteiger partial charge in [0, 0.05) is 42.8 Å². The summed E-state index contributed by atoms with van der Waals surface area (Å²) in [6, 6.07) is 2.24. The lowest BCUT2D eigenvalue weighted by Gasteiger charge is -2.28. The Morgan fingerprint density at radius 3 is 2.68 bits per heavy atom. The van der Waals surface area contributed by atoms with Crippen LogP contribution in [-0.4, -0.2) is 25.1 Å². The Kier molecular flexibility index (Phi) is 4.46. The molecule has 106 valence electrons. The van der Waals surface area contributed by atoms with Crippen molar-refractivity contribution < 1.29 is 0 Å². The number of rotatable bonds is 5. The van der Waals surface area contributed by atoms with Gasteiger partial charge in [0.25, 0.3) is 0 Å². The summed E-state index contributed by atoms with van der Waals surface area (Å²) in [5, 5.41) is 3.25. The van der Waals surface area contributed by atoms with Gasteiger partial charge in [-0.25, -0.2) is 0 Å². The Bertz CT molecular complexity index is 424. The molecule has 19 heavy (non-hydrogen) atoms. The van der Waals surface area contributed by atoms with Gasteiger partial charge in [-0.15, -0.1) is 0 Å². The van der Waals surface area contributed by atoms with Crippen LogP contribution < -0.4 is 10.2 Å². The Morgan fingerprint density at radius 1 is 1.37 bits per heavy atom. The molecule has 1 aromatic rings. The summed E-state index contributed by atoms with van der Waals surface area (Å²) in [7, 11) is 2.00. The second-order valence-electron chi connectivity index (χ2n) is 5.86. The maximum atomic E-state index is 4.44. The number of aromatic nitrogens is 1. The highest BCUT2D eigenvalue weighted by atomic mass is 15.2. The van der Waals surface area contributed by atoms with Gasteiger partial charge in [0.05, 0.1) is 0 Å². The molecule has 0 atom stereocenters. The van der Waals surface area contributed by atoms with E-state index in [0.29, 0.717) is 5.41 Å². The number of hydrogen-bond acceptors (Lipinski definition) is 3. The van der Waals surface area contributed by atoms with E-state index in [1.807, 2.05) is 13.2 Å². The molecule has 0 radical (unpaired) electrons. The van der Waals surface area contributed by atoms with Gasteiger partial charge in [0.2, 0.25) is 0 Å². The van der Waals surface area contributed by atoms with E-state index in [1.54, 1.807) is 0 Å². The Labute approximate surface area is 117 Å². The second-order valence-corrected chi connectivity index (χ2v) is 5.86. The second kappa shape index (κ2) is 5.91. The normalized spacial score (nSPS) is 18.0. The molecule has 1 N–H and O–H groups in total. The van der Waals surface area contributed by atoms with Gasteiger partial charge in [0.1, 0.15) is 0 Å². The SMILES string of the molecule is CCC1(CC)CCN(c2cc(C)ncc2CNC)C1. The van der Waals surface area contributed by atoms with Crippen molar-refractivity contribution in [2.24, 2.45) is 5.41 Å². The molecular weight excluding hydrogens is 234 g/mol. The van der Waals surface area contributed by atoms with E-state index in [4.69, 9.17) is 0 Å². The summed E-state index contributed by atoms with van der Waals surface area (Å²) < 4.78 is 0. The summed E-state index contributed by atoms with van der Waals surface area (Å²) in [4.78, 5) is 7.00. The van der Waals surface area contributed by atoms with Gasteiger partial charge >= 0.3 is 0 Å². The first kappa shape index (κ1) is 14.3. The van der Waals surface area contributed by atoms with E-state index in [9.17, 15) is 0 Å². The van der Waals surface area contributed by atoms with Crippen molar-refractivity contribution in [2.45, 2.75) is 46.6 Å². The zero-order valence-corrected chi connectivity index (χ0v) is 12.8. The maximum Gasteiger partial charge on any atom is 0.0445 e. The molecule has 0 aliphatic carbocycles. The first-order chi connectivity index (χ1) is 9.14. The summed E-state index contributed by atoms with van der Waals surface area (Å²) in [5.74, 6) is 0. The lowest BCUT2D eigenvalue weighted by molar-refractivity contribution is 0.301. The van der Waals surface area contributed by atoms with E-state index in [2.05, 4.69) is 42.0 Å². The summed E-state index contributed by atoms with van der Waals surface area (Å²) in [5.41, 5.74) is 4.33. The third kappa shape index (κ3) is 2.92. The number of nitrogens with one attached hydrogen (secondary N) is 1. The smallest absolute Gasteiger partial charge is 0.0445 e. The van der Waals surface area contributed by atoms with E-state index in [1.165, 1.54) is 43.6 Å². The first-order valence-electron chi connectivity index (χ1n) is 7.49. The standard InChI is InChI=1S/C16H27N3/c1-5-16(6-2)7-8-19(12-16)15-9-13(3)18-11-14(15)10-17-4/h9,11,17H,5-8,10,12H2,1-4H3. The van der Waals surface area contributed by atoms with Crippen molar-refractivity contribution in [3.05, 3.63) is 23.5 Å². The first-order valence-corrected chi connectivity index (χ1v) is 7.49. The molecule has 0 unspecified atom stereocenters. The number of anilines is 1. The predicted octanol–water partition coefficient (Wildman–Crippen LogP) is 3.13. The minimum absolute atomic E-state index is 0.522. The van der Waals surface area contributed by atoms with Crippen LogP contribution in [0.1, 0.15) is 44.4 Å². The highest BCUT2D eigenvalue weighted by Gasteiger charge is 2.35. The van der Waals surface area contributed by atoms with E-state index in [0.717, 1.165) is 12.2 Å². The zero-order chi connectivity index (χ0) is 13.9. The molecule has 3 heteroatoms. The highest BCUT2D eigenvalue weighted by Crippen LogP contribution is 2.39. The molecule has 0 spiro atoms. The molecular formula is C16H27N3. The minimum atomic E-state index is 0.522. The number of aryl methyl sites for hydroxylation is 1. The van der Waals surface area contributed by atoms with Gasteiger partial charge < -0.3 is 10.2 Å². The summed E-state index contributed by atoms with van der Waals surface area (Å²) in [6.07, 6.45) is 5.91. The maximum absolute atomic E-state index is 4.44. The fourth-order valence-corrected chi connectivity index (χ4v) is 3.16. The third-order valence-electron chi connectivity index (χ3n) is 4.74.